The summed E-state index contributed by atoms with van der Waals surface area (Å²) in [7, 11) is 3.47. The molecule has 2 aromatic rings. The van der Waals surface area contributed by atoms with Gasteiger partial charge in [0, 0.05) is 7.05 Å². The van der Waals surface area contributed by atoms with Crippen LogP contribution in [0, 0.1) is 0 Å². The molecule has 0 saturated carbocycles. The molecule has 0 saturated heterocycles. The number of rotatable bonds is 4. The van der Waals surface area contributed by atoms with Crippen LogP contribution in [0.25, 0.3) is 11.2 Å². The van der Waals surface area contributed by atoms with Gasteiger partial charge in [-0.3, -0.25) is 4.84 Å². The fourth-order valence-corrected chi connectivity index (χ4v) is 1.48. The minimum absolute atomic E-state index is 0.541. The summed E-state index contributed by atoms with van der Waals surface area (Å²) in [4.78, 5) is 17.8. The van der Waals surface area contributed by atoms with Gasteiger partial charge in [0.15, 0.2) is 17.0 Å². The zero-order valence-corrected chi connectivity index (χ0v) is 9.29. The minimum atomic E-state index is 0.541. The molecular formula is C10H13N5O. The molecule has 0 aromatic carbocycles. The van der Waals surface area contributed by atoms with E-state index < -0.39 is 0 Å². The summed E-state index contributed by atoms with van der Waals surface area (Å²) in [6.07, 6.45) is 4.93. The third-order valence-electron chi connectivity index (χ3n) is 2.23. The largest absolute Gasteiger partial charge is 0.318 e. The minimum Gasteiger partial charge on any atom is -0.318 e. The van der Waals surface area contributed by atoms with Gasteiger partial charge < -0.3 is 4.57 Å². The van der Waals surface area contributed by atoms with Crippen molar-refractivity contribution in [3.05, 3.63) is 25.3 Å². The highest BCUT2D eigenvalue weighted by atomic mass is 16.7. The molecule has 0 bridgehead atoms. The summed E-state index contributed by atoms with van der Waals surface area (Å²) in [5.74, 6) is 0.646. The van der Waals surface area contributed by atoms with Crippen molar-refractivity contribution in [2.45, 2.75) is 0 Å². The summed E-state index contributed by atoms with van der Waals surface area (Å²) in [5, 5.41) is 1.62. The Bertz CT molecular complexity index is 507. The number of hydrogen-bond donors (Lipinski definition) is 0. The lowest BCUT2D eigenvalue weighted by molar-refractivity contribution is 0.173. The summed E-state index contributed by atoms with van der Waals surface area (Å²) < 4.78 is 1.84. The number of aryl methyl sites for hydroxylation is 1. The number of hydroxylamine groups is 1. The normalized spacial score (nSPS) is 10.6. The average Bonchev–Trinajstić information content (AvgIpc) is 2.68. The van der Waals surface area contributed by atoms with Crippen molar-refractivity contribution in [1.82, 2.24) is 19.5 Å². The number of hydrogen-bond acceptors (Lipinski definition) is 5. The Morgan fingerprint density at radius 2 is 2.31 bits per heavy atom. The van der Waals surface area contributed by atoms with Crippen LogP contribution in [0.4, 0.5) is 5.82 Å². The van der Waals surface area contributed by atoms with E-state index in [1.807, 2.05) is 11.6 Å². The van der Waals surface area contributed by atoms with Crippen LogP contribution < -0.4 is 5.06 Å². The second-order valence-corrected chi connectivity index (χ2v) is 3.26. The van der Waals surface area contributed by atoms with Crippen molar-refractivity contribution in [2.75, 3.05) is 18.7 Å². The van der Waals surface area contributed by atoms with Gasteiger partial charge in [0.1, 0.15) is 6.33 Å². The first-order valence-electron chi connectivity index (χ1n) is 4.82. The first kappa shape index (κ1) is 10.6. The predicted octanol–water partition coefficient (Wildman–Crippen LogP) is 0.917. The second-order valence-electron chi connectivity index (χ2n) is 3.26. The predicted molar refractivity (Wildman–Crippen MR) is 60.9 cm³/mol. The highest BCUT2D eigenvalue weighted by molar-refractivity contribution is 5.82. The highest BCUT2D eigenvalue weighted by Gasteiger charge is 2.13. The molecule has 6 nitrogen and oxygen atoms in total. The topological polar surface area (TPSA) is 56.1 Å². The summed E-state index contributed by atoms with van der Waals surface area (Å²) >= 11 is 0. The van der Waals surface area contributed by atoms with Crippen LogP contribution in [0.2, 0.25) is 0 Å². The molecule has 2 aromatic heterocycles. The zero-order chi connectivity index (χ0) is 11.5. The number of anilines is 1. The van der Waals surface area contributed by atoms with E-state index in [2.05, 4.69) is 21.5 Å². The van der Waals surface area contributed by atoms with Crippen LogP contribution in [0.3, 0.4) is 0 Å². The van der Waals surface area contributed by atoms with Crippen molar-refractivity contribution in [2.24, 2.45) is 7.05 Å². The lowest BCUT2D eigenvalue weighted by Crippen LogP contribution is -2.23. The van der Waals surface area contributed by atoms with E-state index >= 15 is 0 Å². The average molecular weight is 219 g/mol. The first-order chi connectivity index (χ1) is 7.77. The number of nitrogens with zero attached hydrogens (tertiary/aromatic N) is 5. The smallest absolute Gasteiger partial charge is 0.184 e. The molecule has 0 atom stereocenters. The molecule has 0 radical (unpaired) electrons. The molecule has 16 heavy (non-hydrogen) atoms. The lowest BCUT2D eigenvalue weighted by Gasteiger charge is -2.18. The van der Waals surface area contributed by atoms with E-state index in [1.165, 1.54) is 6.33 Å². The van der Waals surface area contributed by atoms with Gasteiger partial charge in [0.25, 0.3) is 0 Å². The van der Waals surface area contributed by atoms with Gasteiger partial charge >= 0.3 is 0 Å². The maximum atomic E-state index is 5.22. The number of aromatic nitrogens is 4. The van der Waals surface area contributed by atoms with E-state index in [0.717, 1.165) is 5.65 Å². The molecular weight excluding hydrogens is 206 g/mol. The van der Waals surface area contributed by atoms with Gasteiger partial charge in [-0.15, -0.1) is 6.58 Å². The quantitative estimate of drug-likeness (QED) is 0.565. The Morgan fingerprint density at radius 3 is 3.00 bits per heavy atom. The third-order valence-corrected chi connectivity index (χ3v) is 2.23. The highest BCUT2D eigenvalue weighted by Crippen LogP contribution is 2.20. The van der Waals surface area contributed by atoms with Crippen molar-refractivity contribution in [3.8, 4) is 0 Å². The maximum Gasteiger partial charge on any atom is 0.184 e. The van der Waals surface area contributed by atoms with Gasteiger partial charge in [-0.1, -0.05) is 6.08 Å². The molecule has 0 unspecified atom stereocenters. The van der Waals surface area contributed by atoms with E-state index in [1.54, 1.807) is 24.6 Å². The van der Waals surface area contributed by atoms with E-state index in [-0.39, 0.29) is 0 Å². The van der Waals surface area contributed by atoms with Gasteiger partial charge in [-0.05, 0) is 0 Å². The molecule has 6 heteroatoms. The van der Waals surface area contributed by atoms with E-state index in [0.29, 0.717) is 17.9 Å². The first-order valence-corrected chi connectivity index (χ1v) is 4.82. The molecule has 0 spiro atoms. The molecule has 0 N–H and O–H groups in total. The molecule has 0 aliphatic carbocycles. The Kier molecular flexibility index (Phi) is 2.82. The van der Waals surface area contributed by atoms with Gasteiger partial charge in [-0.2, -0.15) is 0 Å². The van der Waals surface area contributed by atoms with Gasteiger partial charge in [0.2, 0.25) is 0 Å². The van der Waals surface area contributed by atoms with E-state index in [9.17, 15) is 0 Å². The van der Waals surface area contributed by atoms with Crippen LogP contribution in [0.1, 0.15) is 0 Å². The molecule has 0 amide bonds. The SMILES string of the molecule is C=CCN(OC)c1ncnc2c1ncn2C. The Balaban J connectivity index is 2.54. The lowest BCUT2D eigenvalue weighted by atomic mass is 10.4. The van der Waals surface area contributed by atoms with Crippen molar-refractivity contribution < 1.29 is 4.84 Å². The molecule has 2 heterocycles. The maximum absolute atomic E-state index is 5.22. The Labute approximate surface area is 93.2 Å². The van der Waals surface area contributed by atoms with Crippen molar-refractivity contribution in [1.29, 1.82) is 0 Å². The zero-order valence-electron chi connectivity index (χ0n) is 9.29. The van der Waals surface area contributed by atoms with Crippen LogP contribution >= 0.6 is 0 Å². The summed E-state index contributed by atoms with van der Waals surface area (Å²) in [6.45, 7) is 4.21. The fourth-order valence-electron chi connectivity index (χ4n) is 1.48. The number of fused-ring (bicyclic) bond motifs is 1. The third kappa shape index (κ3) is 1.63. The molecule has 2 rings (SSSR count). The summed E-state index contributed by atoms with van der Waals surface area (Å²) in [5.41, 5.74) is 1.49. The van der Waals surface area contributed by atoms with Gasteiger partial charge in [-0.25, -0.2) is 20.0 Å². The molecule has 84 valence electrons. The van der Waals surface area contributed by atoms with Crippen molar-refractivity contribution >= 4 is 17.0 Å². The summed E-state index contributed by atoms with van der Waals surface area (Å²) in [6, 6.07) is 0. The second kappa shape index (κ2) is 4.28. The molecule has 0 aliphatic rings. The number of imidazole rings is 1. The van der Waals surface area contributed by atoms with Crippen LogP contribution in [0.15, 0.2) is 25.3 Å². The standard InChI is InChI=1S/C10H13N5O/c1-4-5-15(16-3)10-8-9(11-6-12-10)14(2)7-13-8/h4,6-7H,1,5H2,2-3H3. The van der Waals surface area contributed by atoms with Gasteiger partial charge in [0.05, 0.1) is 20.0 Å². The van der Waals surface area contributed by atoms with Crippen LogP contribution in [0.5, 0.6) is 0 Å². The van der Waals surface area contributed by atoms with Crippen LogP contribution in [-0.4, -0.2) is 33.2 Å². The van der Waals surface area contributed by atoms with Crippen LogP contribution in [-0.2, 0) is 11.9 Å². The monoisotopic (exact) mass is 219 g/mol. The Morgan fingerprint density at radius 1 is 1.50 bits per heavy atom. The van der Waals surface area contributed by atoms with Crippen molar-refractivity contribution in [3.63, 3.8) is 0 Å². The van der Waals surface area contributed by atoms with E-state index in [4.69, 9.17) is 4.84 Å². The Hall–Kier alpha value is -1.95. The fraction of sp³-hybridized carbons (Fsp3) is 0.300. The molecule has 0 aliphatic heterocycles. The molecule has 0 fully saturated rings.